The summed E-state index contributed by atoms with van der Waals surface area (Å²) in [4.78, 5) is 37.1. The van der Waals surface area contributed by atoms with Gasteiger partial charge in [-0.25, -0.2) is 4.79 Å². The SMILES string of the molecule is CN1CC(=O)N(CC(=O)Nc2ccc(I)cc2)C1=O. The quantitative estimate of drug-likeness (QED) is 0.638. The highest BCUT2D eigenvalue weighted by molar-refractivity contribution is 14.1. The van der Waals surface area contributed by atoms with E-state index >= 15 is 0 Å². The summed E-state index contributed by atoms with van der Waals surface area (Å²) < 4.78 is 1.06. The molecule has 6 nitrogen and oxygen atoms in total. The van der Waals surface area contributed by atoms with E-state index in [1.807, 2.05) is 12.1 Å². The molecule has 4 amide bonds. The highest BCUT2D eigenvalue weighted by atomic mass is 127. The van der Waals surface area contributed by atoms with Gasteiger partial charge >= 0.3 is 6.03 Å². The van der Waals surface area contributed by atoms with Gasteiger partial charge in [-0.15, -0.1) is 0 Å². The molecule has 0 atom stereocenters. The Hall–Kier alpha value is -1.64. The maximum Gasteiger partial charge on any atom is 0.327 e. The van der Waals surface area contributed by atoms with Crippen LogP contribution in [0.1, 0.15) is 0 Å². The Kier molecular flexibility index (Phi) is 4.03. The normalized spacial score (nSPS) is 15.1. The number of carbonyl (C=O) groups excluding carboxylic acids is 3. The van der Waals surface area contributed by atoms with Crippen LogP contribution in [-0.4, -0.2) is 47.8 Å². The number of hydrogen-bond donors (Lipinski definition) is 1. The van der Waals surface area contributed by atoms with Crippen LogP contribution in [0.15, 0.2) is 24.3 Å². The highest BCUT2D eigenvalue weighted by Gasteiger charge is 2.34. The zero-order valence-electron chi connectivity index (χ0n) is 10.2. The minimum Gasteiger partial charge on any atom is -0.325 e. The highest BCUT2D eigenvalue weighted by Crippen LogP contribution is 2.12. The molecule has 1 N–H and O–H groups in total. The number of anilines is 1. The Bertz CT molecular complexity index is 530. The number of hydrogen-bond acceptors (Lipinski definition) is 3. The molecule has 100 valence electrons. The first-order chi connectivity index (χ1) is 8.97. The van der Waals surface area contributed by atoms with Gasteiger partial charge in [-0.05, 0) is 46.9 Å². The number of rotatable bonds is 3. The van der Waals surface area contributed by atoms with Crippen LogP contribution in [0.3, 0.4) is 0 Å². The van der Waals surface area contributed by atoms with Crippen molar-refractivity contribution >= 4 is 46.1 Å². The number of likely N-dealkylation sites (N-methyl/N-ethyl adjacent to an activating group) is 1. The molecule has 2 rings (SSSR count). The van der Waals surface area contributed by atoms with Gasteiger partial charge < -0.3 is 10.2 Å². The molecule has 1 aliphatic heterocycles. The Balaban J connectivity index is 1.96. The summed E-state index contributed by atoms with van der Waals surface area (Å²) in [5.74, 6) is -0.747. The number of benzene rings is 1. The molecular formula is C12H12IN3O3. The first-order valence-electron chi connectivity index (χ1n) is 5.58. The molecule has 1 aromatic carbocycles. The number of nitrogens with one attached hydrogen (secondary N) is 1. The average molecular weight is 373 g/mol. The molecule has 19 heavy (non-hydrogen) atoms. The van der Waals surface area contributed by atoms with Gasteiger partial charge in [0.25, 0.3) is 5.91 Å². The van der Waals surface area contributed by atoms with E-state index in [0.29, 0.717) is 5.69 Å². The van der Waals surface area contributed by atoms with Gasteiger partial charge in [0.2, 0.25) is 5.91 Å². The second kappa shape index (κ2) is 5.55. The summed E-state index contributed by atoms with van der Waals surface area (Å²) >= 11 is 2.16. The molecular weight excluding hydrogens is 361 g/mol. The van der Waals surface area contributed by atoms with Crippen molar-refractivity contribution in [3.63, 3.8) is 0 Å². The summed E-state index contributed by atoms with van der Waals surface area (Å²) in [5, 5.41) is 2.65. The maximum absolute atomic E-state index is 11.8. The topological polar surface area (TPSA) is 69.7 Å². The molecule has 1 fully saturated rings. The van der Waals surface area contributed by atoms with Crippen molar-refractivity contribution in [1.82, 2.24) is 9.80 Å². The number of imide groups is 1. The summed E-state index contributed by atoms with van der Waals surface area (Å²) in [6.45, 7) is -0.233. The van der Waals surface area contributed by atoms with Crippen molar-refractivity contribution in [3.8, 4) is 0 Å². The van der Waals surface area contributed by atoms with Gasteiger partial charge in [0, 0.05) is 16.3 Å². The van der Waals surface area contributed by atoms with Crippen LogP contribution in [0.5, 0.6) is 0 Å². The molecule has 0 unspecified atom stereocenters. The predicted molar refractivity (Wildman–Crippen MR) is 77.5 cm³/mol. The lowest BCUT2D eigenvalue weighted by atomic mass is 10.3. The summed E-state index contributed by atoms with van der Waals surface area (Å²) in [5.41, 5.74) is 0.637. The molecule has 7 heteroatoms. The second-order valence-electron chi connectivity index (χ2n) is 4.17. The number of carbonyl (C=O) groups is 3. The fourth-order valence-electron chi connectivity index (χ4n) is 1.70. The first kappa shape index (κ1) is 13.8. The largest absolute Gasteiger partial charge is 0.327 e. The summed E-state index contributed by atoms with van der Waals surface area (Å²) in [6.07, 6.45) is 0. The van der Waals surface area contributed by atoms with Gasteiger partial charge in [-0.1, -0.05) is 0 Å². The Labute approximate surface area is 123 Å². The van der Waals surface area contributed by atoms with Crippen LogP contribution < -0.4 is 5.32 Å². The molecule has 1 saturated heterocycles. The van der Waals surface area contributed by atoms with E-state index in [4.69, 9.17) is 0 Å². The fourth-order valence-corrected chi connectivity index (χ4v) is 2.06. The van der Waals surface area contributed by atoms with Crippen molar-refractivity contribution in [2.75, 3.05) is 25.5 Å². The summed E-state index contributed by atoms with van der Waals surface area (Å²) in [6, 6.07) is 6.80. The van der Waals surface area contributed by atoms with Crippen molar-refractivity contribution in [1.29, 1.82) is 0 Å². The molecule has 0 bridgehead atoms. The monoisotopic (exact) mass is 373 g/mol. The van der Waals surface area contributed by atoms with Crippen molar-refractivity contribution < 1.29 is 14.4 Å². The van der Waals surface area contributed by atoms with E-state index in [1.54, 1.807) is 12.1 Å². The fraction of sp³-hybridized carbons (Fsp3) is 0.250. The van der Waals surface area contributed by atoms with Crippen molar-refractivity contribution in [3.05, 3.63) is 27.8 Å². The minimum atomic E-state index is -0.442. The minimum absolute atomic E-state index is 0.0235. The maximum atomic E-state index is 11.8. The van der Waals surface area contributed by atoms with Gasteiger partial charge in [0.15, 0.2) is 0 Å². The molecule has 1 aromatic rings. The smallest absolute Gasteiger partial charge is 0.325 e. The third kappa shape index (κ3) is 3.22. The van der Waals surface area contributed by atoms with Crippen LogP contribution in [0.4, 0.5) is 10.5 Å². The van der Waals surface area contributed by atoms with Crippen LogP contribution in [0.2, 0.25) is 0 Å². The van der Waals surface area contributed by atoms with Gasteiger partial charge in [0.1, 0.15) is 13.1 Å². The van der Waals surface area contributed by atoms with E-state index in [-0.39, 0.29) is 19.0 Å². The standard InChI is InChI=1S/C12H12IN3O3/c1-15-7-11(18)16(12(15)19)6-10(17)14-9-4-2-8(13)3-5-9/h2-5H,6-7H2,1H3,(H,14,17). The molecule has 0 aromatic heterocycles. The number of amides is 4. The Morgan fingerprint density at radius 1 is 1.32 bits per heavy atom. The number of urea groups is 1. The van der Waals surface area contributed by atoms with E-state index in [0.717, 1.165) is 8.47 Å². The lowest BCUT2D eigenvalue weighted by molar-refractivity contribution is -0.129. The van der Waals surface area contributed by atoms with Crippen LogP contribution in [0.25, 0.3) is 0 Å². The number of halogens is 1. The number of nitrogens with zero attached hydrogens (tertiary/aromatic N) is 2. The lowest BCUT2D eigenvalue weighted by Gasteiger charge is -2.13. The van der Waals surface area contributed by atoms with E-state index in [2.05, 4.69) is 27.9 Å². The van der Waals surface area contributed by atoms with Gasteiger partial charge in [0.05, 0.1) is 0 Å². The molecule has 1 heterocycles. The van der Waals surface area contributed by atoms with E-state index in [9.17, 15) is 14.4 Å². The molecule has 0 saturated carbocycles. The molecule has 0 radical (unpaired) electrons. The van der Waals surface area contributed by atoms with Crippen molar-refractivity contribution in [2.24, 2.45) is 0 Å². The Morgan fingerprint density at radius 3 is 2.47 bits per heavy atom. The molecule has 0 spiro atoms. The third-order valence-electron chi connectivity index (χ3n) is 2.66. The third-order valence-corrected chi connectivity index (χ3v) is 3.38. The predicted octanol–water partition coefficient (Wildman–Crippen LogP) is 1.12. The van der Waals surface area contributed by atoms with Crippen LogP contribution in [-0.2, 0) is 9.59 Å². The first-order valence-corrected chi connectivity index (χ1v) is 6.66. The summed E-state index contributed by atoms with van der Waals surface area (Å²) in [7, 11) is 1.53. The van der Waals surface area contributed by atoms with Crippen LogP contribution in [0, 0.1) is 3.57 Å². The average Bonchev–Trinajstić information content (AvgIpc) is 2.59. The Morgan fingerprint density at radius 2 is 1.95 bits per heavy atom. The zero-order chi connectivity index (χ0) is 14.0. The van der Waals surface area contributed by atoms with E-state index in [1.165, 1.54) is 11.9 Å². The van der Waals surface area contributed by atoms with Gasteiger partial charge in [-0.3, -0.25) is 14.5 Å². The molecule has 0 aliphatic carbocycles. The lowest BCUT2D eigenvalue weighted by Crippen LogP contribution is -2.38. The second-order valence-corrected chi connectivity index (χ2v) is 5.42. The van der Waals surface area contributed by atoms with Crippen molar-refractivity contribution in [2.45, 2.75) is 0 Å². The van der Waals surface area contributed by atoms with Gasteiger partial charge in [-0.2, -0.15) is 0 Å². The van der Waals surface area contributed by atoms with E-state index < -0.39 is 11.9 Å². The van der Waals surface area contributed by atoms with Crippen LogP contribution >= 0.6 is 22.6 Å². The zero-order valence-corrected chi connectivity index (χ0v) is 12.4. The molecule has 1 aliphatic rings.